The van der Waals surface area contributed by atoms with Gasteiger partial charge in [-0.05, 0) is 30.7 Å². The first kappa shape index (κ1) is 9.09. The first-order valence-electron chi connectivity index (χ1n) is 3.54. The fourth-order valence-corrected chi connectivity index (χ4v) is 0.940. The van der Waals surface area contributed by atoms with E-state index in [2.05, 4.69) is 10.4 Å². The number of nitrogens with two attached hydrogens (primary N) is 1. The SMILES string of the molecule is CCN=C(NN)c1ccc(Cl)o1. The summed E-state index contributed by atoms with van der Waals surface area (Å²) < 4.78 is 5.08. The summed E-state index contributed by atoms with van der Waals surface area (Å²) in [7, 11) is 0. The third-order valence-corrected chi connectivity index (χ3v) is 1.46. The number of hydrogen-bond acceptors (Lipinski definition) is 3. The molecule has 1 aromatic rings. The molecule has 0 aliphatic carbocycles. The number of aliphatic imine (C=N–C) groups is 1. The van der Waals surface area contributed by atoms with Gasteiger partial charge in [-0.3, -0.25) is 4.99 Å². The molecule has 0 atom stereocenters. The molecule has 0 radical (unpaired) electrons. The zero-order chi connectivity index (χ0) is 8.97. The van der Waals surface area contributed by atoms with E-state index in [4.69, 9.17) is 21.9 Å². The van der Waals surface area contributed by atoms with Gasteiger partial charge in [-0.25, -0.2) is 5.84 Å². The molecule has 12 heavy (non-hydrogen) atoms. The van der Waals surface area contributed by atoms with Crippen molar-refractivity contribution < 1.29 is 4.42 Å². The quantitative estimate of drug-likeness (QED) is 0.316. The molecule has 0 aliphatic heterocycles. The molecule has 0 bridgehead atoms. The van der Waals surface area contributed by atoms with Crippen molar-refractivity contribution in [2.45, 2.75) is 6.92 Å². The average molecular weight is 188 g/mol. The van der Waals surface area contributed by atoms with Crippen LogP contribution in [0.25, 0.3) is 0 Å². The fraction of sp³-hybridized carbons (Fsp3) is 0.286. The van der Waals surface area contributed by atoms with Crippen LogP contribution in [-0.2, 0) is 0 Å². The van der Waals surface area contributed by atoms with Gasteiger partial charge in [0.2, 0.25) is 0 Å². The van der Waals surface area contributed by atoms with Crippen molar-refractivity contribution >= 4 is 17.4 Å². The minimum absolute atomic E-state index is 0.323. The largest absolute Gasteiger partial charge is 0.441 e. The van der Waals surface area contributed by atoms with Crippen molar-refractivity contribution in [1.82, 2.24) is 5.43 Å². The number of hydrazine groups is 1. The molecule has 1 heterocycles. The highest BCUT2D eigenvalue weighted by atomic mass is 35.5. The van der Waals surface area contributed by atoms with Crippen LogP contribution in [-0.4, -0.2) is 12.4 Å². The molecule has 0 saturated heterocycles. The molecule has 0 aromatic carbocycles. The zero-order valence-corrected chi connectivity index (χ0v) is 7.43. The van der Waals surface area contributed by atoms with Crippen LogP contribution < -0.4 is 11.3 Å². The van der Waals surface area contributed by atoms with Crippen LogP contribution in [0.3, 0.4) is 0 Å². The summed E-state index contributed by atoms with van der Waals surface area (Å²) in [6, 6.07) is 3.34. The van der Waals surface area contributed by atoms with Gasteiger partial charge in [-0.2, -0.15) is 0 Å². The molecule has 0 unspecified atom stereocenters. The maximum absolute atomic E-state index is 5.57. The summed E-state index contributed by atoms with van der Waals surface area (Å²) in [5.74, 6) is 6.27. The molecule has 1 aromatic heterocycles. The van der Waals surface area contributed by atoms with Gasteiger partial charge in [-0.15, -0.1) is 0 Å². The van der Waals surface area contributed by atoms with Gasteiger partial charge in [0.25, 0.3) is 0 Å². The Kier molecular flexibility index (Phi) is 3.13. The van der Waals surface area contributed by atoms with Gasteiger partial charge in [-0.1, -0.05) is 0 Å². The lowest BCUT2D eigenvalue weighted by atomic mass is 10.4. The summed E-state index contributed by atoms with van der Waals surface area (Å²) in [6.45, 7) is 2.54. The van der Waals surface area contributed by atoms with Crippen molar-refractivity contribution in [2.75, 3.05) is 6.54 Å². The standard InChI is InChI=1S/C7H10ClN3O/c1-2-10-7(11-9)5-3-4-6(8)12-5/h3-4H,2,9H2,1H3,(H,10,11). The van der Waals surface area contributed by atoms with Gasteiger partial charge < -0.3 is 9.84 Å². The van der Waals surface area contributed by atoms with Gasteiger partial charge in [0, 0.05) is 6.54 Å². The lowest BCUT2D eigenvalue weighted by Crippen LogP contribution is -2.30. The number of furan rings is 1. The smallest absolute Gasteiger partial charge is 0.194 e. The minimum atomic E-state index is 0.323. The average Bonchev–Trinajstić information content (AvgIpc) is 2.47. The van der Waals surface area contributed by atoms with E-state index in [0.29, 0.717) is 23.4 Å². The van der Waals surface area contributed by atoms with Crippen LogP contribution in [0.4, 0.5) is 0 Å². The third kappa shape index (κ3) is 1.99. The molecular formula is C7H10ClN3O. The van der Waals surface area contributed by atoms with Crippen molar-refractivity contribution in [1.29, 1.82) is 0 Å². The van der Waals surface area contributed by atoms with E-state index in [0.717, 1.165) is 0 Å². The molecule has 0 aliphatic rings. The van der Waals surface area contributed by atoms with Crippen molar-refractivity contribution in [3.63, 3.8) is 0 Å². The molecule has 0 saturated carbocycles. The second kappa shape index (κ2) is 4.13. The van der Waals surface area contributed by atoms with E-state index in [1.807, 2.05) is 6.92 Å². The van der Waals surface area contributed by atoms with E-state index in [-0.39, 0.29) is 0 Å². The second-order valence-electron chi connectivity index (χ2n) is 2.07. The number of hydrogen-bond donors (Lipinski definition) is 2. The van der Waals surface area contributed by atoms with E-state index in [1.54, 1.807) is 12.1 Å². The molecule has 5 heteroatoms. The lowest BCUT2D eigenvalue weighted by Gasteiger charge is -1.99. The monoisotopic (exact) mass is 187 g/mol. The van der Waals surface area contributed by atoms with Gasteiger partial charge in [0.1, 0.15) is 0 Å². The first-order chi connectivity index (χ1) is 5.77. The van der Waals surface area contributed by atoms with Crippen molar-refractivity contribution in [3.8, 4) is 0 Å². The summed E-state index contributed by atoms with van der Waals surface area (Å²) in [4.78, 5) is 4.05. The number of nitrogens with one attached hydrogen (secondary N) is 1. The Morgan fingerprint density at radius 3 is 2.92 bits per heavy atom. The first-order valence-corrected chi connectivity index (χ1v) is 3.92. The highest BCUT2D eigenvalue weighted by Crippen LogP contribution is 2.12. The molecule has 0 fully saturated rings. The summed E-state index contributed by atoms with van der Waals surface area (Å²) in [5, 5.41) is 0.323. The van der Waals surface area contributed by atoms with E-state index >= 15 is 0 Å². The van der Waals surface area contributed by atoms with Crippen LogP contribution in [0.1, 0.15) is 12.7 Å². The maximum Gasteiger partial charge on any atom is 0.194 e. The Morgan fingerprint density at radius 1 is 1.75 bits per heavy atom. The van der Waals surface area contributed by atoms with Crippen LogP contribution >= 0.6 is 11.6 Å². The predicted molar refractivity (Wildman–Crippen MR) is 48.1 cm³/mol. The van der Waals surface area contributed by atoms with Crippen LogP contribution in [0, 0.1) is 0 Å². The Bertz CT molecular complexity index is 282. The molecule has 0 amide bonds. The van der Waals surface area contributed by atoms with Gasteiger partial charge >= 0.3 is 0 Å². The molecule has 3 N–H and O–H groups in total. The topological polar surface area (TPSA) is 63.5 Å². The number of rotatable bonds is 2. The molecule has 0 spiro atoms. The summed E-state index contributed by atoms with van der Waals surface area (Å²) in [6.07, 6.45) is 0. The highest BCUT2D eigenvalue weighted by Gasteiger charge is 2.05. The highest BCUT2D eigenvalue weighted by molar-refractivity contribution is 6.29. The Morgan fingerprint density at radius 2 is 2.50 bits per heavy atom. The molecule has 4 nitrogen and oxygen atoms in total. The maximum atomic E-state index is 5.57. The lowest BCUT2D eigenvalue weighted by molar-refractivity contribution is 0.555. The minimum Gasteiger partial charge on any atom is -0.441 e. The third-order valence-electron chi connectivity index (χ3n) is 1.26. The number of nitrogens with zero attached hydrogens (tertiary/aromatic N) is 1. The Hall–Kier alpha value is -1.00. The predicted octanol–water partition coefficient (Wildman–Crippen LogP) is 1.16. The van der Waals surface area contributed by atoms with Crippen LogP contribution in [0.2, 0.25) is 5.22 Å². The van der Waals surface area contributed by atoms with Gasteiger partial charge in [0.05, 0.1) is 0 Å². The van der Waals surface area contributed by atoms with Crippen LogP contribution in [0.5, 0.6) is 0 Å². The molecule has 1 rings (SSSR count). The van der Waals surface area contributed by atoms with Crippen molar-refractivity contribution in [2.24, 2.45) is 10.8 Å². The summed E-state index contributed by atoms with van der Waals surface area (Å²) >= 11 is 5.57. The van der Waals surface area contributed by atoms with E-state index in [9.17, 15) is 0 Å². The Labute approximate surface area is 75.4 Å². The Balaban J connectivity index is 2.87. The molecule has 66 valence electrons. The van der Waals surface area contributed by atoms with E-state index < -0.39 is 0 Å². The number of amidine groups is 1. The van der Waals surface area contributed by atoms with E-state index in [1.165, 1.54) is 0 Å². The normalized spacial score (nSPS) is 11.8. The van der Waals surface area contributed by atoms with Crippen LogP contribution in [0.15, 0.2) is 21.5 Å². The number of halogens is 1. The fourth-order valence-electron chi connectivity index (χ4n) is 0.794. The molecular weight excluding hydrogens is 178 g/mol. The second-order valence-corrected chi connectivity index (χ2v) is 2.44. The summed E-state index contributed by atoms with van der Waals surface area (Å²) in [5.41, 5.74) is 2.43. The zero-order valence-electron chi connectivity index (χ0n) is 6.67. The van der Waals surface area contributed by atoms with Gasteiger partial charge in [0.15, 0.2) is 16.8 Å². The van der Waals surface area contributed by atoms with Crippen molar-refractivity contribution in [3.05, 3.63) is 23.1 Å².